The molecule has 0 aliphatic carbocycles. The first kappa shape index (κ1) is 22.4. The van der Waals surface area contributed by atoms with Crippen molar-refractivity contribution in [3.05, 3.63) is 65.4 Å². The van der Waals surface area contributed by atoms with Gasteiger partial charge in [0.15, 0.2) is 11.5 Å². The van der Waals surface area contributed by atoms with Gasteiger partial charge in [0, 0.05) is 31.4 Å². The van der Waals surface area contributed by atoms with Crippen LogP contribution in [-0.2, 0) is 9.59 Å². The van der Waals surface area contributed by atoms with Crippen LogP contribution >= 0.6 is 0 Å². The third kappa shape index (κ3) is 4.43. The van der Waals surface area contributed by atoms with E-state index in [1.165, 1.54) is 4.90 Å². The van der Waals surface area contributed by atoms with Crippen molar-refractivity contribution in [1.29, 1.82) is 0 Å². The van der Waals surface area contributed by atoms with E-state index in [2.05, 4.69) is 0 Å². The molecular formula is C25H30N2O4. The molecule has 1 unspecified atom stereocenters. The van der Waals surface area contributed by atoms with Crippen molar-refractivity contribution in [3.8, 4) is 5.75 Å². The first-order chi connectivity index (χ1) is 14.6. The highest BCUT2D eigenvalue weighted by Gasteiger charge is 2.44. The lowest BCUT2D eigenvalue weighted by Gasteiger charge is -2.28. The third-order valence-corrected chi connectivity index (χ3v) is 5.19. The van der Waals surface area contributed by atoms with Crippen LogP contribution in [0.25, 0.3) is 0 Å². The summed E-state index contributed by atoms with van der Waals surface area (Å²) in [5.74, 6) is -1.04. The lowest BCUT2D eigenvalue weighted by atomic mass is 9.91. The van der Waals surface area contributed by atoms with Gasteiger partial charge in [-0.25, -0.2) is 0 Å². The Balaban J connectivity index is 2.14. The fourth-order valence-corrected chi connectivity index (χ4v) is 3.69. The predicted molar refractivity (Wildman–Crippen MR) is 123 cm³/mol. The molecular weight excluding hydrogens is 392 g/mol. The molecule has 0 aromatic heterocycles. The highest BCUT2D eigenvalue weighted by Crippen LogP contribution is 2.42. The van der Waals surface area contributed by atoms with Crippen molar-refractivity contribution in [2.75, 3.05) is 23.9 Å². The minimum atomic E-state index is -0.733. The molecule has 2 aromatic carbocycles. The minimum Gasteiger partial charge on any atom is -0.503 e. The Kier molecular flexibility index (Phi) is 6.39. The van der Waals surface area contributed by atoms with E-state index < -0.39 is 17.7 Å². The van der Waals surface area contributed by atoms with Gasteiger partial charge in [0.25, 0.3) is 5.91 Å². The lowest BCUT2D eigenvalue weighted by molar-refractivity contribution is -0.119. The monoisotopic (exact) mass is 422 g/mol. The molecule has 1 N–H and O–H groups in total. The van der Waals surface area contributed by atoms with Crippen LogP contribution in [0.3, 0.4) is 0 Å². The predicted octanol–water partition coefficient (Wildman–Crippen LogP) is 4.66. The maximum Gasteiger partial charge on any atom is 0.294 e. The zero-order chi connectivity index (χ0) is 22.9. The second-order valence-corrected chi connectivity index (χ2v) is 8.51. The number of nitrogens with zero attached hydrogens (tertiary/aromatic N) is 2. The van der Waals surface area contributed by atoms with Gasteiger partial charge in [-0.15, -0.1) is 0 Å². The third-order valence-electron chi connectivity index (χ3n) is 5.19. The quantitative estimate of drug-likeness (QED) is 0.702. The van der Waals surface area contributed by atoms with Gasteiger partial charge in [-0.1, -0.05) is 26.0 Å². The first-order valence-electron chi connectivity index (χ1n) is 10.5. The number of carbonyl (C=O) groups is 2. The number of aliphatic hydroxyl groups is 1. The van der Waals surface area contributed by atoms with Gasteiger partial charge in [-0.2, -0.15) is 0 Å². The Morgan fingerprint density at radius 1 is 1.06 bits per heavy atom. The van der Waals surface area contributed by atoms with E-state index in [1.807, 2.05) is 81.4 Å². The maximum atomic E-state index is 13.1. The van der Waals surface area contributed by atoms with Gasteiger partial charge < -0.3 is 14.7 Å². The number of aliphatic hydroxyl groups excluding tert-OH is 1. The molecule has 1 aliphatic heterocycles. The average Bonchev–Trinajstić information content (AvgIpc) is 2.98. The number of anilines is 2. The largest absolute Gasteiger partial charge is 0.503 e. The van der Waals surface area contributed by atoms with Crippen molar-refractivity contribution in [2.45, 2.75) is 39.8 Å². The van der Waals surface area contributed by atoms with Crippen molar-refractivity contribution >= 4 is 23.1 Å². The molecule has 1 aliphatic rings. The summed E-state index contributed by atoms with van der Waals surface area (Å²) < 4.78 is 5.82. The Labute approximate surface area is 183 Å². The zero-order valence-corrected chi connectivity index (χ0v) is 18.9. The van der Waals surface area contributed by atoms with E-state index in [-0.39, 0.29) is 23.4 Å². The van der Waals surface area contributed by atoms with Crippen LogP contribution < -0.4 is 14.5 Å². The molecule has 0 saturated carbocycles. The molecule has 6 nitrogen and oxygen atoms in total. The van der Waals surface area contributed by atoms with Crippen LogP contribution in [0.2, 0.25) is 0 Å². The SMILES string of the molecule is CC(C)Oc1cccc(C2C(C(=O)C(C)C)=C(O)C(=O)N2c2ccc(N(C)C)cc2)c1. The molecule has 6 heteroatoms. The average molecular weight is 423 g/mol. The van der Waals surface area contributed by atoms with Crippen molar-refractivity contribution < 1.29 is 19.4 Å². The van der Waals surface area contributed by atoms with E-state index in [4.69, 9.17) is 4.74 Å². The standard InChI is InChI=1S/C25H30N2O4/c1-15(2)23(28)21-22(17-8-7-9-20(14-17)31-16(3)4)27(25(30)24(21)29)19-12-10-18(11-13-19)26(5)6/h7-16,22,29H,1-6H3. The fourth-order valence-electron chi connectivity index (χ4n) is 3.69. The van der Waals surface area contributed by atoms with Gasteiger partial charge >= 0.3 is 0 Å². The van der Waals surface area contributed by atoms with Crippen LogP contribution in [0.15, 0.2) is 59.9 Å². The summed E-state index contributed by atoms with van der Waals surface area (Å²) in [5.41, 5.74) is 2.42. The van der Waals surface area contributed by atoms with Gasteiger partial charge in [0.1, 0.15) is 5.75 Å². The highest BCUT2D eigenvalue weighted by atomic mass is 16.5. The van der Waals surface area contributed by atoms with Crippen LogP contribution in [0.5, 0.6) is 5.75 Å². The minimum absolute atomic E-state index is 0.0177. The summed E-state index contributed by atoms with van der Waals surface area (Å²) in [5, 5.41) is 10.7. The van der Waals surface area contributed by atoms with E-state index in [1.54, 1.807) is 13.8 Å². The maximum absolute atomic E-state index is 13.1. The van der Waals surface area contributed by atoms with Crippen molar-refractivity contribution in [3.63, 3.8) is 0 Å². The van der Waals surface area contributed by atoms with E-state index in [9.17, 15) is 14.7 Å². The smallest absolute Gasteiger partial charge is 0.294 e. The normalized spacial score (nSPS) is 16.5. The molecule has 1 amide bonds. The van der Waals surface area contributed by atoms with E-state index in [0.29, 0.717) is 17.0 Å². The van der Waals surface area contributed by atoms with E-state index in [0.717, 1.165) is 5.69 Å². The van der Waals surface area contributed by atoms with Crippen LogP contribution in [0.4, 0.5) is 11.4 Å². The van der Waals surface area contributed by atoms with E-state index >= 15 is 0 Å². The number of hydrogen-bond donors (Lipinski definition) is 1. The molecule has 2 aromatic rings. The van der Waals surface area contributed by atoms with Crippen LogP contribution in [0, 0.1) is 5.92 Å². The summed E-state index contributed by atoms with van der Waals surface area (Å²) in [4.78, 5) is 29.6. The van der Waals surface area contributed by atoms with Crippen molar-refractivity contribution in [1.82, 2.24) is 0 Å². The van der Waals surface area contributed by atoms with Gasteiger partial charge in [-0.05, 0) is 55.8 Å². The molecule has 0 radical (unpaired) electrons. The highest BCUT2D eigenvalue weighted by molar-refractivity contribution is 6.16. The number of ether oxygens (including phenoxy) is 1. The molecule has 164 valence electrons. The summed E-state index contributed by atoms with van der Waals surface area (Å²) in [6, 6.07) is 14.1. The first-order valence-corrected chi connectivity index (χ1v) is 10.5. The zero-order valence-electron chi connectivity index (χ0n) is 18.9. The molecule has 0 fully saturated rings. The molecule has 3 rings (SSSR count). The number of amides is 1. The second-order valence-electron chi connectivity index (χ2n) is 8.51. The Hall–Kier alpha value is -3.28. The summed E-state index contributed by atoms with van der Waals surface area (Å²) >= 11 is 0. The number of carbonyl (C=O) groups excluding carboxylic acids is 2. The fraction of sp³-hybridized carbons (Fsp3) is 0.360. The van der Waals surface area contributed by atoms with Gasteiger partial charge in [0.2, 0.25) is 0 Å². The van der Waals surface area contributed by atoms with Crippen LogP contribution in [0.1, 0.15) is 39.3 Å². The summed E-state index contributed by atoms with van der Waals surface area (Å²) in [6.07, 6.45) is -0.0177. The number of ketones is 1. The number of benzene rings is 2. The topological polar surface area (TPSA) is 70.1 Å². The molecule has 0 saturated heterocycles. The number of hydrogen-bond acceptors (Lipinski definition) is 5. The number of rotatable bonds is 7. The number of Topliss-reactive ketones (excluding diaryl/α,β-unsaturated/α-hetero) is 1. The Morgan fingerprint density at radius 2 is 1.71 bits per heavy atom. The second kappa shape index (κ2) is 8.84. The molecule has 0 spiro atoms. The van der Waals surface area contributed by atoms with Crippen LogP contribution in [-0.4, -0.2) is 37.0 Å². The summed E-state index contributed by atoms with van der Waals surface area (Å²) in [7, 11) is 3.87. The molecule has 31 heavy (non-hydrogen) atoms. The molecule has 1 atom stereocenters. The molecule has 0 bridgehead atoms. The Bertz CT molecular complexity index is 1010. The Morgan fingerprint density at radius 3 is 2.26 bits per heavy atom. The van der Waals surface area contributed by atoms with Gasteiger partial charge in [-0.3, -0.25) is 14.5 Å². The molecule has 1 heterocycles. The summed E-state index contributed by atoms with van der Waals surface area (Å²) in [6.45, 7) is 7.39. The van der Waals surface area contributed by atoms with Gasteiger partial charge in [0.05, 0.1) is 17.7 Å². The lowest BCUT2D eigenvalue weighted by Crippen LogP contribution is -2.31. The van der Waals surface area contributed by atoms with Crippen molar-refractivity contribution in [2.24, 2.45) is 5.92 Å².